The first-order valence-corrected chi connectivity index (χ1v) is 11.6. The maximum absolute atomic E-state index is 11.4. The second-order valence-electron chi connectivity index (χ2n) is 7.18. The Morgan fingerprint density at radius 3 is 2.23 bits per heavy atom. The van der Waals surface area contributed by atoms with Gasteiger partial charge < -0.3 is 9.47 Å². The molecule has 30 heavy (non-hydrogen) atoms. The molecule has 158 valence electrons. The third kappa shape index (κ3) is 6.42. The predicted molar refractivity (Wildman–Crippen MR) is 123 cm³/mol. The first-order valence-electron chi connectivity index (χ1n) is 10.7. The average molecular weight is 424 g/mol. The van der Waals surface area contributed by atoms with Crippen LogP contribution >= 0.6 is 11.3 Å². The largest absolute Gasteiger partial charge is 0.494 e. The van der Waals surface area contributed by atoms with Crippen molar-refractivity contribution >= 4 is 17.3 Å². The van der Waals surface area contributed by atoms with Crippen molar-refractivity contribution in [2.75, 3.05) is 6.61 Å². The van der Waals surface area contributed by atoms with E-state index in [1.165, 1.54) is 25.7 Å². The fourth-order valence-electron chi connectivity index (χ4n) is 3.03. The van der Waals surface area contributed by atoms with E-state index in [9.17, 15) is 4.79 Å². The monoisotopic (exact) mass is 423 g/mol. The van der Waals surface area contributed by atoms with Gasteiger partial charge in [0.15, 0.2) is 0 Å². The summed E-state index contributed by atoms with van der Waals surface area (Å²) in [5, 5.41) is 3.00. The maximum Gasteiger partial charge on any atom is 0.310 e. The zero-order chi connectivity index (χ0) is 21.2. The van der Waals surface area contributed by atoms with Crippen molar-refractivity contribution in [3.8, 4) is 33.3 Å². The molecule has 0 aliphatic carbocycles. The highest BCUT2D eigenvalue weighted by atomic mass is 32.1. The van der Waals surface area contributed by atoms with Crippen molar-refractivity contribution in [3.05, 3.63) is 53.9 Å². The van der Waals surface area contributed by atoms with E-state index in [1.54, 1.807) is 30.4 Å². The molecule has 0 fully saturated rings. The van der Waals surface area contributed by atoms with E-state index in [-0.39, 0.29) is 5.97 Å². The molecule has 1 heterocycles. The van der Waals surface area contributed by atoms with E-state index in [0.717, 1.165) is 40.6 Å². The van der Waals surface area contributed by atoms with Gasteiger partial charge in [-0.2, -0.15) is 0 Å². The first-order chi connectivity index (χ1) is 14.7. The summed E-state index contributed by atoms with van der Waals surface area (Å²) in [5.74, 6) is 1.23. The number of benzene rings is 2. The Bertz CT molecular complexity index is 916. The van der Waals surface area contributed by atoms with Gasteiger partial charge in [-0.3, -0.25) is 4.79 Å². The topological polar surface area (TPSA) is 48.4 Å². The first kappa shape index (κ1) is 22.0. The summed E-state index contributed by atoms with van der Waals surface area (Å²) in [6, 6.07) is 15.6. The lowest BCUT2D eigenvalue weighted by atomic mass is 10.1. The molecule has 0 radical (unpaired) electrons. The molecule has 2 aromatic carbocycles. The summed E-state index contributed by atoms with van der Waals surface area (Å²) in [6.07, 6.45) is 6.56. The van der Waals surface area contributed by atoms with Crippen LogP contribution in [0.3, 0.4) is 0 Å². The van der Waals surface area contributed by atoms with E-state index >= 15 is 0 Å². The van der Waals surface area contributed by atoms with Crippen LogP contribution < -0.4 is 9.47 Å². The van der Waals surface area contributed by atoms with Gasteiger partial charge in [0.2, 0.25) is 0 Å². The second-order valence-corrected chi connectivity index (χ2v) is 8.04. The predicted octanol–water partition coefficient (Wildman–Crippen LogP) is 7.14. The Hall–Kier alpha value is -2.66. The number of thiazole rings is 1. The van der Waals surface area contributed by atoms with Crippen LogP contribution in [0.5, 0.6) is 11.5 Å². The van der Waals surface area contributed by atoms with E-state index in [2.05, 4.69) is 24.4 Å². The summed E-state index contributed by atoms with van der Waals surface area (Å²) in [7, 11) is 0. The lowest BCUT2D eigenvalue weighted by molar-refractivity contribution is -0.134. The molecule has 0 saturated heterocycles. The zero-order valence-electron chi connectivity index (χ0n) is 17.7. The molecular formula is C25H29NO3S. The third-order valence-electron chi connectivity index (χ3n) is 4.79. The zero-order valence-corrected chi connectivity index (χ0v) is 18.5. The molecule has 5 heteroatoms. The Labute approximate surface area is 182 Å². The SMILES string of the molecule is CCCCCCCOc1ccc(-c2csc(-c3ccc(OC(=O)CC)cc3)n2)cc1. The minimum atomic E-state index is -0.233. The minimum Gasteiger partial charge on any atom is -0.494 e. The van der Waals surface area contributed by atoms with Gasteiger partial charge in [0.05, 0.1) is 12.3 Å². The third-order valence-corrected chi connectivity index (χ3v) is 5.68. The average Bonchev–Trinajstić information content (AvgIpc) is 3.27. The number of esters is 1. The number of carbonyl (C=O) groups is 1. The fourth-order valence-corrected chi connectivity index (χ4v) is 3.86. The number of hydrogen-bond donors (Lipinski definition) is 0. The number of hydrogen-bond acceptors (Lipinski definition) is 5. The summed E-state index contributed by atoms with van der Waals surface area (Å²) in [6.45, 7) is 4.78. The van der Waals surface area contributed by atoms with E-state index < -0.39 is 0 Å². The Balaban J connectivity index is 1.56. The van der Waals surface area contributed by atoms with E-state index in [4.69, 9.17) is 14.5 Å². The minimum absolute atomic E-state index is 0.233. The molecule has 0 N–H and O–H groups in total. The molecule has 0 aliphatic heterocycles. The molecule has 4 nitrogen and oxygen atoms in total. The van der Waals surface area contributed by atoms with Crippen LogP contribution in [0.15, 0.2) is 53.9 Å². The number of rotatable bonds is 11. The van der Waals surface area contributed by atoms with Crippen molar-refractivity contribution < 1.29 is 14.3 Å². The Kier molecular flexibility index (Phi) is 8.45. The number of carbonyl (C=O) groups excluding carboxylic acids is 1. The molecule has 0 spiro atoms. The van der Waals surface area contributed by atoms with Crippen LogP contribution in [0, 0.1) is 0 Å². The molecule has 1 aromatic heterocycles. The van der Waals surface area contributed by atoms with Crippen LogP contribution in [0.4, 0.5) is 0 Å². The van der Waals surface area contributed by atoms with E-state index in [0.29, 0.717) is 12.2 Å². The van der Waals surface area contributed by atoms with E-state index in [1.807, 2.05) is 24.3 Å². The lowest BCUT2D eigenvalue weighted by Gasteiger charge is -2.06. The molecule has 0 bridgehead atoms. The normalized spacial score (nSPS) is 10.7. The van der Waals surface area contributed by atoms with Crippen molar-refractivity contribution in [2.45, 2.75) is 52.4 Å². The highest BCUT2D eigenvalue weighted by Crippen LogP contribution is 2.30. The van der Waals surface area contributed by atoms with Gasteiger partial charge in [-0.15, -0.1) is 11.3 Å². The van der Waals surface area contributed by atoms with Gasteiger partial charge in [-0.05, 0) is 55.0 Å². The molecule has 0 amide bonds. The summed E-state index contributed by atoms with van der Waals surface area (Å²) in [4.78, 5) is 16.2. The highest BCUT2D eigenvalue weighted by Gasteiger charge is 2.08. The number of ether oxygens (including phenoxy) is 2. The van der Waals surface area contributed by atoms with Gasteiger partial charge >= 0.3 is 5.97 Å². The van der Waals surface area contributed by atoms with Gasteiger partial charge in [-0.1, -0.05) is 39.5 Å². The fraction of sp³-hybridized carbons (Fsp3) is 0.360. The maximum atomic E-state index is 11.4. The standard InChI is InChI=1S/C25H29NO3S/c1-3-5-6-7-8-17-28-21-13-9-19(10-14-21)23-18-30-25(26-23)20-11-15-22(16-12-20)29-24(27)4-2/h9-16,18H,3-8,17H2,1-2H3. The Morgan fingerprint density at radius 1 is 0.867 bits per heavy atom. The van der Waals surface area contributed by atoms with Crippen LogP contribution in [0.25, 0.3) is 21.8 Å². The van der Waals surface area contributed by atoms with Gasteiger partial charge in [0, 0.05) is 22.9 Å². The quantitative estimate of drug-likeness (QED) is 0.187. The lowest BCUT2D eigenvalue weighted by Crippen LogP contribution is -2.05. The summed E-state index contributed by atoms with van der Waals surface area (Å²) < 4.78 is 11.1. The van der Waals surface area contributed by atoms with Crippen molar-refractivity contribution in [3.63, 3.8) is 0 Å². The van der Waals surface area contributed by atoms with Crippen LogP contribution in [-0.2, 0) is 4.79 Å². The molecule has 3 aromatic rings. The number of nitrogens with zero attached hydrogens (tertiary/aromatic N) is 1. The highest BCUT2D eigenvalue weighted by molar-refractivity contribution is 7.13. The van der Waals surface area contributed by atoms with Crippen LogP contribution in [0.2, 0.25) is 0 Å². The van der Waals surface area contributed by atoms with Gasteiger partial charge in [0.25, 0.3) is 0 Å². The molecule has 0 saturated carbocycles. The smallest absolute Gasteiger partial charge is 0.310 e. The van der Waals surface area contributed by atoms with Crippen molar-refractivity contribution in [1.82, 2.24) is 4.98 Å². The molecule has 0 aliphatic rings. The molecule has 0 atom stereocenters. The van der Waals surface area contributed by atoms with Crippen LogP contribution in [0.1, 0.15) is 52.4 Å². The molecule has 0 unspecified atom stereocenters. The summed E-state index contributed by atoms with van der Waals surface area (Å²) in [5.41, 5.74) is 3.02. The molecular weight excluding hydrogens is 394 g/mol. The van der Waals surface area contributed by atoms with Crippen molar-refractivity contribution in [1.29, 1.82) is 0 Å². The van der Waals surface area contributed by atoms with Gasteiger partial charge in [-0.25, -0.2) is 4.98 Å². The summed E-state index contributed by atoms with van der Waals surface area (Å²) >= 11 is 1.60. The van der Waals surface area contributed by atoms with Crippen molar-refractivity contribution in [2.24, 2.45) is 0 Å². The number of aromatic nitrogens is 1. The molecule has 3 rings (SSSR count). The second kappa shape index (κ2) is 11.5. The van der Waals surface area contributed by atoms with Crippen LogP contribution in [-0.4, -0.2) is 17.6 Å². The number of unbranched alkanes of at least 4 members (excludes halogenated alkanes) is 4. The van der Waals surface area contributed by atoms with Gasteiger partial charge in [0.1, 0.15) is 16.5 Å². The Morgan fingerprint density at radius 2 is 1.53 bits per heavy atom.